The Morgan fingerprint density at radius 3 is 1.11 bits per heavy atom. The fourth-order valence-corrected chi connectivity index (χ4v) is 11.3. The zero-order valence-electron chi connectivity index (χ0n) is 45.3. The van der Waals surface area contributed by atoms with E-state index in [1.165, 1.54) is 216 Å². The summed E-state index contributed by atoms with van der Waals surface area (Å²) in [6, 6.07) is 45.8. The largest absolute Gasteiger partial charge is 0.330 e. The molecule has 4 saturated heterocycles. The summed E-state index contributed by atoms with van der Waals surface area (Å²) >= 11 is 4.57. The molecule has 7 nitrogen and oxygen atoms in total. The standard InChI is InChI=1S/C18H26N2S.C18H26N2.C17H28N2.C12H17N/c21-16-19-11-5-2-6-12-20-13-9-18(10-14-20)15-17-7-3-1-4-8-17;19-12-6-1-2-7-13-20-14-10-18(11-15-20)16-17-8-4-3-5-9-17;18-11-5-2-6-12-19-13-9-17(10-14-19)15-16-7-3-1-4-8-16;1-2-4-11(5-3-1)10-12-6-8-13-9-7-12/h1,3-4,7-8,18H,2,5-6,9-15H2;3-5,8-9,18H,1-2,6-7,10-11,13-16H2;1,3-4,7-8,17H,2,5-6,9-15,18H2;1-5,12-13H,6-10H2. The van der Waals surface area contributed by atoms with Gasteiger partial charge in [-0.25, -0.2) is 4.99 Å². The van der Waals surface area contributed by atoms with Crippen LogP contribution >= 0.6 is 12.2 Å². The second-order valence-electron chi connectivity index (χ2n) is 21.7. The first kappa shape index (κ1) is 59.8. The van der Waals surface area contributed by atoms with Gasteiger partial charge in [0.05, 0.1) is 11.2 Å². The van der Waals surface area contributed by atoms with Crippen LogP contribution in [0.2, 0.25) is 0 Å². The first-order chi connectivity index (χ1) is 36.1. The number of nitrogens with one attached hydrogen (secondary N) is 1. The molecule has 4 aliphatic heterocycles. The highest BCUT2D eigenvalue weighted by Gasteiger charge is 2.21. The fraction of sp³-hybridized carbons (Fsp3) is 0.600. The first-order valence-corrected chi connectivity index (χ1v) is 29.6. The number of hydrogen-bond donors (Lipinski definition) is 2. The number of piperidine rings is 4. The number of isothiocyanates is 1. The minimum Gasteiger partial charge on any atom is -0.330 e. The monoisotopic (exact) mass is 1010 g/mol. The Balaban J connectivity index is 0.000000183. The molecule has 0 unspecified atom stereocenters. The number of unbranched alkanes of at least 4 members (excludes halogenated alkanes) is 7. The van der Waals surface area contributed by atoms with Crippen LogP contribution in [0.3, 0.4) is 0 Å². The molecule has 4 aromatic rings. The Bertz CT molecular complexity index is 1980. The van der Waals surface area contributed by atoms with E-state index in [4.69, 9.17) is 11.0 Å². The Labute approximate surface area is 450 Å². The molecular weight excluding hydrogens is 911 g/mol. The molecule has 0 saturated carbocycles. The van der Waals surface area contributed by atoms with E-state index in [0.29, 0.717) is 0 Å². The Kier molecular flexibility index (Phi) is 32.3. The molecule has 3 N–H and O–H groups in total. The summed E-state index contributed by atoms with van der Waals surface area (Å²) < 4.78 is 0. The minimum atomic E-state index is 0.721. The number of hydrogen-bond acceptors (Lipinski definition) is 8. The first-order valence-electron chi connectivity index (χ1n) is 29.2. The maximum atomic E-state index is 8.50. The summed E-state index contributed by atoms with van der Waals surface area (Å²) in [5.41, 5.74) is 11.5. The van der Waals surface area contributed by atoms with Crippen LogP contribution in [0.25, 0.3) is 0 Å². The zero-order valence-corrected chi connectivity index (χ0v) is 46.1. The van der Waals surface area contributed by atoms with E-state index in [1.54, 1.807) is 0 Å². The maximum absolute atomic E-state index is 8.50. The van der Waals surface area contributed by atoms with Crippen LogP contribution in [0.5, 0.6) is 0 Å². The van der Waals surface area contributed by atoms with Crippen LogP contribution in [0.1, 0.15) is 138 Å². The van der Waals surface area contributed by atoms with Gasteiger partial charge < -0.3 is 25.8 Å². The Hall–Kier alpha value is -4.03. The smallest absolute Gasteiger partial charge is 0.0621 e. The predicted octanol–water partition coefficient (Wildman–Crippen LogP) is 13.5. The molecule has 73 heavy (non-hydrogen) atoms. The van der Waals surface area contributed by atoms with E-state index < -0.39 is 0 Å². The van der Waals surface area contributed by atoms with Gasteiger partial charge in [-0.3, -0.25) is 0 Å². The quantitative estimate of drug-likeness (QED) is 0.0411. The van der Waals surface area contributed by atoms with E-state index in [0.717, 1.165) is 56.0 Å². The van der Waals surface area contributed by atoms with Gasteiger partial charge in [0.25, 0.3) is 0 Å². The van der Waals surface area contributed by atoms with Crippen LogP contribution in [0.15, 0.2) is 126 Å². The van der Waals surface area contributed by atoms with Gasteiger partial charge in [-0.15, -0.1) is 0 Å². The Morgan fingerprint density at radius 2 is 0.781 bits per heavy atom. The number of aliphatic imine (C=N–C) groups is 1. The molecule has 0 atom stereocenters. The molecule has 0 bridgehead atoms. The summed E-state index contributed by atoms with van der Waals surface area (Å²) in [5, 5.41) is 14.3. The lowest BCUT2D eigenvalue weighted by Gasteiger charge is -2.32. The van der Waals surface area contributed by atoms with Crippen molar-refractivity contribution in [1.29, 1.82) is 5.26 Å². The maximum Gasteiger partial charge on any atom is 0.0621 e. The summed E-state index contributed by atoms with van der Waals surface area (Å²) in [5.74, 6) is 3.54. The minimum absolute atomic E-state index is 0.721. The summed E-state index contributed by atoms with van der Waals surface area (Å²) in [4.78, 5) is 11.8. The molecule has 398 valence electrons. The van der Waals surface area contributed by atoms with Gasteiger partial charge in [-0.2, -0.15) is 5.26 Å². The molecule has 4 aliphatic rings. The number of nitrogens with zero attached hydrogens (tertiary/aromatic N) is 5. The summed E-state index contributed by atoms with van der Waals surface area (Å²) in [7, 11) is 0. The molecule has 0 amide bonds. The molecule has 0 aliphatic carbocycles. The third-order valence-electron chi connectivity index (χ3n) is 15.8. The third-order valence-corrected chi connectivity index (χ3v) is 15.9. The van der Waals surface area contributed by atoms with Gasteiger partial charge in [-0.1, -0.05) is 141 Å². The molecular formula is C65H97N7S. The van der Waals surface area contributed by atoms with Crippen molar-refractivity contribution < 1.29 is 0 Å². The van der Waals surface area contributed by atoms with Crippen molar-refractivity contribution in [2.75, 3.05) is 85.1 Å². The number of nitrogens with two attached hydrogens (primary N) is 1. The second-order valence-corrected chi connectivity index (χ2v) is 21.8. The second kappa shape index (κ2) is 39.4. The average molecular weight is 1010 g/mol. The molecule has 0 aromatic heterocycles. The van der Waals surface area contributed by atoms with Crippen LogP contribution in [-0.2, 0) is 25.7 Å². The number of thiocarbonyl (C=S) groups is 1. The lowest BCUT2D eigenvalue weighted by Crippen LogP contribution is -2.35. The molecule has 4 heterocycles. The third kappa shape index (κ3) is 27.9. The Morgan fingerprint density at radius 1 is 0.452 bits per heavy atom. The SMILES string of the molecule is N#CCCCCCN1CCC(Cc2ccccc2)CC1.NCCCCCN1CCC(Cc2ccccc2)CC1.S=C=NCCCCCN1CCC(Cc2ccccc2)CC1.c1ccc(CC2CCNCC2)cc1. The molecule has 4 fully saturated rings. The van der Waals surface area contributed by atoms with Gasteiger partial charge in [0.15, 0.2) is 0 Å². The summed E-state index contributed by atoms with van der Waals surface area (Å²) in [6.45, 7) is 15.5. The zero-order chi connectivity index (χ0) is 51.1. The number of likely N-dealkylation sites (tertiary alicyclic amines) is 3. The molecule has 4 aromatic carbocycles. The van der Waals surface area contributed by atoms with Crippen LogP contribution in [-0.4, -0.2) is 105 Å². The van der Waals surface area contributed by atoms with Gasteiger partial charge >= 0.3 is 0 Å². The molecule has 0 spiro atoms. The molecule has 8 heteroatoms. The van der Waals surface area contributed by atoms with E-state index >= 15 is 0 Å². The van der Waals surface area contributed by atoms with Crippen molar-refractivity contribution in [2.24, 2.45) is 34.4 Å². The normalized spacial score (nSPS) is 17.4. The van der Waals surface area contributed by atoms with Crippen molar-refractivity contribution in [3.63, 3.8) is 0 Å². The number of nitriles is 1. The lowest BCUT2D eigenvalue weighted by molar-refractivity contribution is 0.181. The van der Waals surface area contributed by atoms with E-state index in [-0.39, 0.29) is 0 Å². The van der Waals surface area contributed by atoms with Crippen LogP contribution in [0, 0.1) is 35.0 Å². The van der Waals surface area contributed by atoms with Crippen molar-refractivity contribution in [1.82, 2.24) is 20.0 Å². The van der Waals surface area contributed by atoms with E-state index in [2.05, 4.69) is 170 Å². The van der Waals surface area contributed by atoms with Gasteiger partial charge in [-0.05, 0) is 252 Å². The van der Waals surface area contributed by atoms with Gasteiger partial charge in [0.2, 0.25) is 0 Å². The van der Waals surface area contributed by atoms with E-state index in [9.17, 15) is 0 Å². The van der Waals surface area contributed by atoms with Crippen molar-refractivity contribution >= 4 is 17.4 Å². The fourth-order valence-electron chi connectivity index (χ4n) is 11.2. The lowest BCUT2D eigenvalue weighted by atomic mass is 9.90. The molecule has 8 rings (SSSR count). The van der Waals surface area contributed by atoms with Gasteiger partial charge in [0.1, 0.15) is 0 Å². The van der Waals surface area contributed by atoms with Crippen LogP contribution in [0.4, 0.5) is 0 Å². The highest BCUT2D eigenvalue weighted by Crippen LogP contribution is 2.25. The predicted molar refractivity (Wildman–Crippen MR) is 314 cm³/mol. The summed E-state index contributed by atoms with van der Waals surface area (Å²) in [6.07, 6.45) is 27.6. The topological polar surface area (TPSA) is 83.9 Å². The van der Waals surface area contributed by atoms with Crippen molar-refractivity contribution in [3.05, 3.63) is 144 Å². The average Bonchev–Trinajstić information content (AvgIpc) is 3.44. The van der Waals surface area contributed by atoms with E-state index in [1.807, 2.05) is 0 Å². The number of benzene rings is 4. The highest BCUT2D eigenvalue weighted by molar-refractivity contribution is 7.78. The van der Waals surface area contributed by atoms with Gasteiger partial charge in [0, 0.05) is 13.0 Å². The molecule has 0 radical (unpaired) electrons. The highest BCUT2D eigenvalue weighted by atomic mass is 32.1. The van der Waals surface area contributed by atoms with Crippen LogP contribution < -0.4 is 11.1 Å². The number of rotatable bonds is 24. The van der Waals surface area contributed by atoms with Crippen molar-refractivity contribution in [3.8, 4) is 6.07 Å². The van der Waals surface area contributed by atoms with Crippen molar-refractivity contribution in [2.45, 2.75) is 141 Å².